The second-order valence-electron chi connectivity index (χ2n) is 9.31. The van der Waals surface area contributed by atoms with E-state index in [9.17, 15) is 35.1 Å². The van der Waals surface area contributed by atoms with Crippen molar-refractivity contribution < 1.29 is 55.2 Å². The van der Waals surface area contributed by atoms with Gasteiger partial charge in [-0.25, -0.2) is 22.5 Å². The summed E-state index contributed by atoms with van der Waals surface area (Å²) < 4.78 is 105. The molecule has 0 saturated heterocycles. The molecule has 0 bridgehead atoms. The van der Waals surface area contributed by atoms with E-state index in [4.69, 9.17) is 11.8 Å². The van der Waals surface area contributed by atoms with Gasteiger partial charge in [-0.15, -0.1) is 24.3 Å². The van der Waals surface area contributed by atoms with E-state index in [-0.39, 0.29) is 37.3 Å². The topological polar surface area (TPSA) is 67.4 Å². The summed E-state index contributed by atoms with van der Waals surface area (Å²) in [6.45, 7) is 8.51. The number of rotatable bonds is 3. The molecule has 0 aliphatic rings. The van der Waals surface area contributed by atoms with Crippen molar-refractivity contribution in [3.63, 3.8) is 0 Å². The Morgan fingerprint density at radius 3 is 1.42 bits per heavy atom. The molecule has 0 N–H and O–H groups in total. The van der Waals surface area contributed by atoms with E-state index in [2.05, 4.69) is 27.1 Å². The van der Waals surface area contributed by atoms with E-state index in [0.717, 1.165) is 46.3 Å². The van der Waals surface area contributed by atoms with Gasteiger partial charge in [-0.2, -0.15) is 0 Å². The molecule has 0 aliphatic carbocycles. The number of hydrogen-bond donors (Lipinski definition) is 0. The minimum Gasteiger partial charge on any atom is -0.512 e. The van der Waals surface area contributed by atoms with Gasteiger partial charge in [-0.3, -0.25) is 17.6 Å². The van der Waals surface area contributed by atoms with Crippen molar-refractivity contribution in [2.75, 3.05) is 0 Å². The summed E-state index contributed by atoms with van der Waals surface area (Å²) in [6, 6.07) is 16.2. The molecule has 3 aromatic heterocycles. The molecule has 6 rings (SSSR count). The fraction of sp³-hybridized carbons (Fsp3) is 0.0588. The molecular weight excluding hydrogens is 823 g/mol. The third-order valence-corrected chi connectivity index (χ3v) is 5.91. The van der Waals surface area contributed by atoms with Crippen LogP contribution < -0.4 is 0 Å². The summed E-state index contributed by atoms with van der Waals surface area (Å²) in [5.74, 6) is -8.36. The number of halogens is 8. The first kappa shape index (κ1) is 38.9. The molecule has 3 heterocycles. The van der Waals surface area contributed by atoms with E-state index in [0.29, 0.717) is 11.4 Å². The summed E-state index contributed by atoms with van der Waals surface area (Å²) in [6.07, 6.45) is 6.63. The van der Waals surface area contributed by atoms with Gasteiger partial charge in [0, 0.05) is 54.1 Å². The molecule has 0 atom stereocenters. The third-order valence-electron chi connectivity index (χ3n) is 5.91. The van der Waals surface area contributed by atoms with Gasteiger partial charge in [0.05, 0.1) is 6.33 Å². The Kier molecular flexibility index (Phi) is 14.7. The predicted octanol–water partition coefficient (Wildman–Crippen LogP) is 8.79. The standard InChI is InChI=1S/2C12H8F2N.C9H4F4N2.CN.Ir/c2*1-8-4-5-15-12(6-8)10-3-2-9(13)7-11(10)14;10-5-3-6(11)8(13)9(7(5)12)15-2-1-14-4-15;1-2;/h2*2,4-7H,1H3;1-4H;;/q2*-1;;-1;+3. The van der Waals surface area contributed by atoms with Gasteiger partial charge >= 0.3 is 20.1 Å². The molecule has 0 saturated carbocycles. The van der Waals surface area contributed by atoms with Gasteiger partial charge in [-0.1, -0.05) is 46.5 Å². The maximum absolute atomic E-state index is 13.4. The number of hydrogen-bond acceptors (Lipinski definition) is 4. The smallest absolute Gasteiger partial charge is 0.512 e. The average Bonchev–Trinajstić information content (AvgIpc) is 3.57. The van der Waals surface area contributed by atoms with Gasteiger partial charge < -0.3 is 26.4 Å². The van der Waals surface area contributed by atoms with Crippen LogP contribution in [0.15, 0.2) is 85.7 Å². The minimum atomic E-state index is -1.45. The van der Waals surface area contributed by atoms with Crippen LogP contribution in [0, 0.1) is 84.4 Å². The van der Waals surface area contributed by atoms with Crippen LogP contribution >= 0.6 is 0 Å². The molecule has 0 spiro atoms. The molecule has 48 heavy (non-hydrogen) atoms. The summed E-state index contributed by atoms with van der Waals surface area (Å²) in [5.41, 5.74) is 2.44. The third kappa shape index (κ3) is 10.1. The molecular formula is C34H20F8IrN5. The Bertz CT molecular complexity index is 1870. The van der Waals surface area contributed by atoms with Crippen LogP contribution in [-0.4, -0.2) is 19.5 Å². The van der Waals surface area contributed by atoms with Gasteiger partial charge in [0.2, 0.25) is 0 Å². The number of pyridine rings is 2. The largest absolute Gasteiger partial charge is 3.00 e. The zero-order valence-electron chi connectivity index (χ0n) is 24.7. The Labute approximate surface area is 283 Å². The maximum atomic E-state index is 13.4. The molecule has 246 valence electrons. The minimum absolute atomic E-state index is 0. The van der Waals surface area contributed by atoms with Crippen LogP contribution in [0.2, 0.25) is 0 Å². The summed E-state index contributed by atoms with van der Waals surface area (Å²) in [4.78, 5) is 11.5. The first-order valence-corrected chi connectivity index (χ1v) is 13.1. The second-order valence-corrected chi connectivity index (χ2v) is 9.31. The van der Waals surface area contributed by atoms with Crippen LogP contribution in [0.1, 0.15) is 11.1 Å². The fourth-order valence-corrected chi connectivity index (χ4v) is 3.81. The Hall–Kier alpha value is -5.25. The predicted molar refractivity (Wildman–Crippen MR) is 155 cm³/mol. The molecule has 0 amide bonds. The molecule has 6 aromatic rings. The zero-order valence-corrected chi connectivity index (χ0v) is 27.1. The number of imidazole rings is 1. The monoisotopic (exact) mass is 843 g/mol. The Balaban J connectivity index is 0.000000241. The first-order chi connectivity index (χ1) is 22.4. The Morgan fingerprint density at radius 1 is 0.625 bits per heavy atom. The molecule has 5 nitrogen and oxygen atoms in total. The number of benzene rings is 3. The fourth-order valence-electron chi connectivity index (χ4n) is 3.81. The van der Waals surface area contributed by atoms with Crippen molar-refractivity contribution >= 4 is 0 Å². The normalized spacial score (nSPS) is 9.83. The van der Waals surface area contributed by atoms with Crippen molar-refractivity contribution in [1.82, 2.24) is 19.5 Å². The van der Waals surface area contributed by atoms with Gasteiger partial charge in [0.1, 0.15) is 5.69 Å². The van der Waals surface area contributed by atoms with Crippen LogP contribution in [0.5, 0.6) is 0 Å². The number of aromatic nitrogens is 4. The summed E-state index contributed by atoms with van der Waals surface area (Å²) in [7, 11) is 0. The number of nitrogens with zero attached hydrogens (tertiary/aromatic N) is 5. The molecule has 0 radical (unpaired) electrons. The van der Waals surface area contributed by atoms with Crippen molar-refractivity contribution in [2.24, 2.45) is 0 Å². The van der Waals surface area contributed by atoms with E-state index in [1.807, 2.05) is 26.0 Å². The summed E-state index contributed by atoms with van der Waals surface area (Å²) in [5, 5.41) is 6.25. The zero-order chi connectivity index (χ0) is 34.7. The maximum Gasteiger partial charge on any atom is 3.00 e. The SMILES string of the molecule is Cc1ccnc(-c2[c-]cc(F)cc2F)c1.Cc1ccnc(-c2[c-]cc(F)cc2F)c1.Fc1cc(F)c(F)c(-n2ccnc2)c1F.[C-]#N.[Ir+3]. The van der Waals surface area contributed by atoms with Crippen LogP contribution in [-0.2, 0) is 20.1 Å². The quantitative estimate of drug-likeness (QED) is 0.102. The molecule has 0 fully saturated rings. The van der Waals surface area contributed by atoms with Gasteiger partial charge in [-0.05, 0) is 37.4 Å². The Morgan fingerprint density at radius 2 is 1.06 bits per heavy atom. The van der Waals surface area contributed by atoms with Crippen molar-refractivity contribution in [3.8, 4) is 28.2 Å². The average molecular weight is 843 g/mol. The van der Waals surface area contributed by atoms with E-state index < -0.39 is 52.2 Å². The van der Waals surface area contributed by atoms with E-state index in [1.54, 1.807) is 24.5 Å². The summed E-state index contributed by atoms with van der Waals surface area (Å²) >= 11 is 0. The molecule has 0 aliphatic heterocycles. The first-order valence-electron chi connectivity index (χ1n) is 13.1. The molecule has 3 aromatic carbocycles. The van der Waals surface area contributed by atoms with E-state index in [1.165, 1.54) is 12.4 Å². The van der Waals surface area contributed by atoms with Gasteiger partial charge in [0.25, 0.3) is 0 Å². The van der Waals surface area contributed by atoms with Gasteiger partial charge in [0.15, 0.2) is 23.3 Å². The van der Waals surface area contributed by atoms with Crippen LogP contribution in [0.3, 0.4) is 0 Å². The second kappa shape index (κ2) is 18.2. The van der Waals surface area contributed by atoms with E-state index >= 15 is 0 Å². The van der Waals surface area contributed by atoms with Crippen molar-refractivity contribution in [3.05, 3.63) is 162 Å². The van der Waals surface area contributed by atoms with Crippen LogP contribution in [0.25, 0.3) is 28.2 Å². The van der Waals surface area contributed by atoms with Crippen molar-refractivity contribution in [1.29, 1.82) is 5.26 Å². The van der Waals surface area contributed by atoms with Crippen LogP contribution in [0.4, 0.5) is 35.1 Å². The van der Waals surface area contributed by atoms with Crippen molar-refractivity contribution in [2.45, 2.75) is 13.8 Å². The molecule has 14 heteroatoms. The number of aryl methyl sites for hydroxylation is 2. The molecule has 0 unspecified atom stereocenters.